The van der Waals surface area contributed by atoms with E-state index < -0.39 is 20.0 Å². The van der Waals surface area contributed by atoms with E-state index in [1.807, 2.05) is 21.1 Å². The fourth-order valence-electron chi connectivity index (χ4n) is 13.1. The summed E-state index contributed by atoms with van der Waals surface area (Å²) in [6, 6.07) is -0.758. The van der Waals surface area contributed by atoms with E-state index >= 15 is 0 Å². The highest BCUT2D eigenvalue weighted by molar-refractivity contribution is 7.47. The minimum absolute atomic E-state index is 0.0797. The maximum absolute atomic E-state index is 13.1. The number of hydrogen-bond donors (Lipinski definition) is 3. The molecule has 8 nitrogen and oxygen atoms in total. The summed E-state index contributed by atoms with van der Waals surface area (Å²) < 4.78 is 24.0. The van der Waals surface area contributed by atoms with Crippen LogP contribution in [-0.2, 0) is 18.4 Å². The molecule has 0 bridgehead atoms. The minimum Gasteiger partial charge on any atom is -0.391 e. The summed E-state index contributed by atoms with van der Waals surface area (Å²) in [6.45, 7) is 4.98. The molecule has 3 atom stereocenters. The summed E-state index contributed by atoms with van der Waals surface area (Å²) >= 11 is 0. The molecule has 0 aliphatic heterocycles. The van der Waals surface area contributed by atoms with Crippen molar-refractivity contribution in [3.63, 3.8) is 0 Å². The monoisotopic (exact) mass is 1270 g/mol. The van der Waals surface area contributed by atoms with Crippen LogP contribution in [-0.4, -0.2) is 73.4 Å². The van der Waals surface area contributed by atoms with Crippen molar-refractivity contribution in [2.45, 2.75) is 463 Å². The Balaban J connectivity index is 3.89. The van der Waals surface area contributed by atoms with E-state index in [-0.39, 0.29) is 19.1 Å². The second-order valence-electron chi connectivity index (χ2n) is 29.5. The molecular weight excluding hydrogens is 1100 g/mol. The van der Waals surface area contributed by atoms with Crippen LogP contribution in [0, 0.1) is 0 Å². The highest BCUT2D eigenvalue weighted by atomic mass is 31.2. The fraction of sp³-hybridized carbons (Fsp3) is 0.987. The Morgan fingerprint density at radius 2 is 0.545 bits per heavy atom. The van der Waals surface area contributed by atoms with Gasteiger partial charge >= 0.3 is 7.82 Å². The summed E-state index contributed by atoms with van der Waals surface area (Å²) in [5.41, 5.74) is 0. The molecule has 0 heterocycles. The molecule has 3 N–H and O–H groups in total. The topological polar surface area (TPSA) is 105 Å². The zero-order valence-corrected chi connectivity index (χ0v) is 61.7. The van der Waals surface area contributed by atoms with Crippen LogP contribution >= 0.6 is 7.82 Å². The van der Waals surface area contributed by atoms with Crippen LogP contribution in [0.1, 0.15) is 450 Å². The van der Waals surface area contributed by atoms with Crippen molar-refractivity contribution in [2.75, 3.05) is 40.9 Å². The lowest BCUT2D eigenvalue weighted by Gasteiger charge is -2.26. The van der Waals surface area contributed by atoms with Crippen molar-refractivity contribution in [2.24, 2.45) is 0 Å². The maximum atomic E-state index is 13.1. The molecule has 528 valence electrons. The Bertz CT molecular complexity index is 1390. The number of carbonyl (C=O) groups is 1. The van der Waals surface area contributed by atoms with Gasteiger partial charge in [-0.1, -0.05) is 431 Å². The highest BCUT2D eigenvalue weighted by Crippen LogP contribution is 2.43. The van der Waals surface area contributed by atoms with Crippen molar-refractivity contribution in [1.82, 2.24) is 5.32 Å². The lowest BCUT2D eigenvalue weighted by atomic mass is 10.0. The van der Waals surface area contributed by atoms with Crippen LogP contribution in [0.15, 0.2) is 0 Å². The van der Waals surface area contributed by atoms with Crippen molar-refractivity contribution in [1.29, 1.82) is 0 Å². The lowest BCUT2D eigenvalue weighted by Crippen LogP contribution is -2.46. The molecule has 0 aromatic heterocycles. The number of phosphoric acid groups is 1. The van der Waals surface area contributed by atoms with Gasteiger partial charge in [0, 0.05) is 6.42 Å². The van der Waals surface area contributed by atoms with Gasteiger partial charge in [-0.15, -0.1) is 0 Å². The number of rotatable bonds is 77. The molecule has 1 amide bonds. The van der Waals surface area contributed by atoms with E-state index in [0.717, 1.165) is 38.5 Å². The number of aliphatic hydroxyl groups is 1. The molecule has 0 saturated carbocycles. The van der Waals surface area contributed by atoms with Crippen LogP contribution in [0.3, 0.4) is 0 Å². The van der Waals surface area contributed by atoms with Crippen molar-refractivity contribution in [3.05, 3.63) is 0 Å². The summed E-state index contributed by atoms with van der Waals surface area (Å²) in [5, 5.41) is 14.2. The summed E-state index contributed by atoms with van der Waals surface area (Å²) in [4.78, 5) is 23.5. The third-order valence-electron chi connectivity index (χ3n) is 19.4. The number of phosphoric ester groups is 1. The van der Waals surface area contributed by atoms with Gasteiger partial charge in [0.05, 0.1) is 39.9 Å². The number of aliphatic hydroxyl groups excluding tert-OH is 1. The van der Waals surface area contributed by atoms with Crippen LogP contribution in [0.2, 0.25) is 0 Å². The predicted octanol–water partition coefficient (Wildman–Crippen LogP) is 26.2. The van der Waals surface area contributed by atoms with Crippen LogP contribution in [0.5, 0.6) is 0 Å². The number of nitrogens with one attached hydrogen (secondary N) is 1. The highest BCUT2D eigenvalue weighted by Gasteiger charge is 2.28. The lowest BCUT2D eigenvalue weighted by molar-refractivity contribution is -0.870. The van der Waals surface area contributed by atoms with E-state index in [4.69, 9.17) is 9.05 Å². The average molecular weight is 1270 g/mol. The Morgan fingerprint density at radius 3 is 0.761 bits per heavy atom. The second-order valence-corrected chi connectivity index (χ2v) is 31.0. The molecule has 0 aliphatic rings. The van der Waals surface area contributed by atoms with E-state index in [0.29, 0.717) is 23.9 Å². The first-order valence-electron chi connectivity index (χ1n) is 40.4. The van der Waals surface area contributed by atoms with Gasteiger partial charge in [0.2, 0.25) is 5.91 Å². The summed E-state index contributed by atoms with van der Waals surface area (Å²) in [7, 11) is 1.65. The zero-order chi connectivity index (χ0) is 64.1. The third-order valence-corrected chi connectivity index (χ3v) is 20.3. The number of amides is 1. The molecule has 88 heavy (non-hydrogen) atoms. The van der Waals surface area contributed by atoms with Gasteiger partial charge in [-0.2, -0.15) is 0 Å². The standard InChI is InChI=1S/C79H161N2O6P/c1-6-8-10-12-14-16-18-20-22-24-26-28-30-32-34-36-38-40-41-43-45-47-49-51-53-55-57-59-61-63-65-67-69-71-73-79(83)80-77(76-87-88(84,85)86-75-74-81(3,4)5)78(82)72-70-68-66-64-62-60-58-56-54-52-50-48-46-44-42-39-37-35-33-31-29-27-25-23-21-19-17-15-13-11-9-7-2/h77-78,82H,6-76H2,1-5H3,(H-,80,83,84,85)/p+1. The van der Waals surface area contributed by atoms with E-state index in [2.05, 4.69) is 19.2 Å². The normalized spacial score (nSPS) is 13.4. The Morgan fingerprint density at radius 1 is 0.341 bits per heavy atom. The molecule has 9 heteroatoms. The number of likely N-dealkylation sites (N-methyl/N-ethyl adjacent to an activating group) is 1. The molecule has 3 unspecified atom stereocenters. The summed E-state index contributed by atoms with van der Waals surface area (Å²) in [6.07, 6.45) is 91.2. The van der Waals surface area contributed by atoms with Crippen molar-refractivity contribution >= 4 is 13.7 Å². The molecule has 0 aliphatic carbocycles. The molecule has 0 rings (SSSR count). The van der Waals surface area contributed by atoms with Gasteiger partial charge in [-0.05, 0) is 12.8 Å². The predicted molar refractivity (Wildman–Crippen MR) is 388 cm³/mol. The third kappa shape index (κ3) is 72.9. The smallest absolute Gasteiger partial charge is 0.391 e. The van der Waals surface area contributed by atoms with Crippen molar-refractivity contribution < 1.29 is 32.9 Å². The average Bonchev–Trinajstić information content (AvgIpc) is 3.54. The number of carbonyl (C=O) groups excluding carboxylic acids is 1. The first-order chi connectivity index (χ1) is 43.0. The minimum atomic E-state index is -4.33. The van der Waals surface area contributed by atoms with Gasteiger partial charge < -0.3 is 19.8 Å². The molecule has 0 radical (unpaired) electrons. The number of hydrogen-bond acceptors (Lipinski definition) is 5. The fourth-order valence-corrected chi connectivity index (χ4v) is 13.9. The quantitative estimate of drug-likeness (QED) is 0.0318. The van der Waals surface area contributed by atoms with Gasteiger partial charge in [0.1, 0.15) is 13.2 Å². The molecule has 0 aromatic rings. The van der Waals surface area contributed by atoms with Crippen LogP contribution < -0.4 is 5.32 Å². The first kappa shape index (κ1) is 87.5. The number of quaternary nitrogens is 1. The van der Waals surface area contributed by atoms with Gasteiger partial charge in [0.25, 0.3) is 0 Å². The number of nitrogens with zero attached hydrogens (tertiary/aromatic N) is 1. The zero-order valence-electron chi connectivity index (χ0n) is 60.8. The molecule has 0 spiro atoms. The maximum Gasteiger partial charge on any atom is 0.472 e. The Kier molecular flexibility index (Phi) is 70.4. The van der Waals surface area contributed by atoms with E-state index in [1.165, 1.54) is 385 Å². The molecule has 0 saturated heterocycles. The Hall–Kier alpha value is -0.500. The van der Waals surface area contributed by atoms with Gasteiger partial charge in [-0.3, -0.25) is 13.8 Å². The Labute approximate surface area is 552 Å². The van der Waals surface area contributed by atoms with Crippen LogP contribution in [0.4, 0.5) is 0 Å². The second kappa shape index (κ2) is 70.8. The van der Waals surface area contributed by atoms with Gasteiger partial charge in [-0.25, -0.2) is 4.57 Å². The van der Waals surface area contributed by atoms with Crippen LogP contribution in [0.25, 0.3) is 0 Å². The molecule has 0 aromatic carbocycles. The number of unbranched alkanes of at least 4 members (excludes halogenated alkanes) is 64. The van der Waals surface area contributed by atoms with E-state index in [1.54, 1.807) is 0 Å². The largest absolute Gasteiger partial charge is 0.472 e. The first-order valence-corrected chi connectivity index (χ1v) is 41.9. The molecule has 0 fully saturated rings. The van der Waals surface area contributed by atoms with Crippen molar-refractivity contribution in [3.8, 4) is 0 Å². The van der Waals surface area contributed by atoms with E-state index in [9.17, 15) is 19.4 Å². The van der Waals surface area contributed by atoms with Gasteiger partial charge in [0.15, 0.2) is 0 Å². The summed E-state index contributed by atoms with van der Waals surface area (Å²) in [5.74, 6) is -0.131. The molecular formula is C79H162N2O6P+. The SMILES string of the molecule is CCCCCCCCCCCCCCCCCCCCCCCCCCCCCCCCCCCCC(=O)NC(COP(=O)(O)OCC[N+](C)(C)C)C(O)CCCCCCCCCCCCCCCCCCCCCCCCCCCCCCCCCC.